The van der Waals surface area contributed by atoms with Gasteiger partial charge in [0.05, 0.1) is 0 Å². The van der Waals surface area contributed by atoms with Crippen molar-refractivity contribution in [1.29, 1.82) is 0 Å². The van der Waals surface area contributed by atoms with E-state index in [-0.39, 0.29) is 0 Å². The quantitative estimate of drug-likeness (QED) is 0.366. The van der Waals surface area contributed by atoms with Crippen molar-refractivity contribution in [1.82, 2.24) is 0 Å². The second kappa shape index (κ2) is 4.55. The van der Waals surface area contributed by atoms with E-state index in [1.807, 2.05) is 13.8 Å². The fourth-order valence-electron chi connectivity index (χ4n) is 2.99. The van der Waals surface area contributed by atoms with E-state index in [0.717, 1.165) is 0 Å². The summed E-state index contributed by atoms with van der Waals surface area (Å²) in [5.74, 6) is 0. The van der Waals surface area contributed by atoms with E-state index in [2.05, 4.69) is 61.5 Å². The summed E-state index contributed by atoms with van der Waals surface area (Å²) in [4.78, 5) is 0. The van der Waals surface area contributed by atoms with Crippen LogP contribution < -0.4 is 0 Å². The van der Waals surface area contributed by atoms with Crippen LogP contribution in [-0.4, -0.2) is 0 Å². The molecule has 0 fully saturated rings. The molecule has 0 atom stereocenters. The zero-order valence-electron chi connectivity index (χ0n) is 11.7. The molecule has 3 aromatic rings. The maximum absolute atomic E-state index is 2.23. The minimum atomic E-state index is 1.35. The molecule has 0 N–H and O–H groups in total. The summed E-state index contributed by atoms with van der Waals surface area (Å²) in [5, 5.41) is 2.77. The van der Waals surface area contributed by atoms with Crippen molar-refractivity contribution < 1.29 is 0 Å². The van der Waals surface area contributed by atoms with Crippen molar-refractivity contribution in [3.63, 3.8) is 0 Å². The fraction of sp³-hybridized carbons (Fsp3) is 0.158. The summed E-state index contributed by atoms with van der Waals surface area (Å²) in [6.45, 7) is 6.20. The van der Waals surface area contributed by atoms with E-state index in [4.69, 9.17) is 0 Å². The molecular weight excluding hydrogens is 228 g/mol. The van der Waals surface area contributed by atoms with Crippen LogP contribution in [0.2, 0.25) is 0 Å². The van der Waals surface area contributed by atoms with E-state index >= 15 is 0 Å². The Bertz CT molecular complexity index is 751. The molecule has 3 aromatic carbocycles. The Hall–Kier alpha value is -2.08. The van der Waals surface area contributed by atoms with Gasteiger partial charge in [0.1, 0.15) is 0 Å². The van der Waals surface area contributed by atoms with Gasteiger partial charge in [-0.05, 0) is 45.5 Å². The molecule has 0 saturated heterocycles. The lowest BCUT2D eigenvalue weighted by Crippen LogP contribution is -1.80. The van der Waals surface area contributed by atoms with Gasteiger partial charge in [-0.1, -0.05) is 68.4 Å². The standard InChI is InChI=1S/C17H12.C2H6/c1-11-9-10-12-5-4-8-15-13-6-2-3-7-14(13)16(11)17(12)15;1-2/h2-10H,1H3;1-2H3. The van der Waals surface area contributed by atoms with Crippen LogP contribution in [-0.2, 0) is 0 Å². The van der Waals surface area contributed by atoms with Gasteiger partial charge in [-0.3, -0.25) is 0 Å². The van der Waals surface area contributed by atoms with Crippen molar-refractivity contribution in [3.05, 3.63) is 60.2 Å². The molecule has 0 heteroatoms. The molecule has 0 saturated carbocycles. The number of benzene rings is 3. The average Bonchev–Trinajstić information content (AvgIpc) is 2.82. The van der Waals surface area contributed by atoms with Gasteiger partial charge >= 0.3 is 0 Å². The van der Waals surface area contributed by atoms with Gasteiger partial charge in [0, 0.05) is 0 Å². The van der Waals surface area contributed by atoms with Gasteiger partial charge in [-0.25, -0.2) is 0 Å². The van der Waals surface area contributed by atoms with Crippen molar-refractivity contribution in [2.24, 2.45) is 0 Å². The molecule has 4 rings (SSSR count). The zero-order valence-corrected chi connectivity index (χ0v) is 11.7. The average molecular weight is 246 g/mol. The lowest BCUT2D eigenvalue weighted by Gasteiger charge is -2.05. The lowest BCUT2D eigenvalue weighted by molar-refractivity contribution is 1.50. The van der Waals surface area contributed by atoms with E-state index in [9.17, 15) is 0 Å². The highest BCUT2D eigenvalue weighted by Gasteiger charge is 2.21. The van der Waals surface area contributed by atoms with Crippen LogP contribution in [0.25, 0.3) is 33.0 Å². The minimum Gasteiger partial charge on any atom is -0.0683 e. The van der Waals surface area contributed by atoms with Crippen LogP contribution in [0.3, 0.4) is 0 Å². The molecule has 94 valence electrons. The maximum atomic E-state index is 2.23. The van der Waals surface area contributed by atoms with Gasteiger partial charge in [0.25, 0.3) is 0 Å². The third-order valence-electron chi connectivity index (χ3n) is 3.74. The number of rotatable bonds is 0. The van der Waals surface area contributed by atoms with Crippen molar-refractivity contribution >= 4 is 10.8 Å². The van der Waals surface area contributed by atoms with Crippen LogP contribution >= 0.6 is 0 Å². The Morgan fingerprint density at radius 1 is 0.632 bits per heavy atom. The second-order valence-electron chi connectivity index (χ2n) is 4.71. The predicted octanol–water partition coefficient (Wildman–Crippen LogP) is 5.82. The lowest BCUT2D eigenvalue weighted by atomic mass is 9.99. The van der Waals surface area contributed by atoms with E-state index in [1.54, 1.807) is 0 Å². The van der Waals surface area contributed by atoms with Gasteiger partial charge in [0.2, 0.25) is 0 Å². The molecule has 19 heavy (non-hydrogen) atoms. The highest BCUT2D eigenvalue weighted by molar-refractivity contribution is 6.16. The summed E-state index contributed by atoms with van der Waals surface area (Å²) < 4.78 is 0. The summed E-state index contributed by atoms with van der Waals surface area (Å²) in [6, 6.07) is 19.7. The third-order valence-corrected chi connectivity index (χ3v) is 3.74. The van der Waals surface area contributed by atoms with E-state index in [1.165, 1.54) is 38.6 Å². The summed E-state index contributed by atoms with van der Waals surface area (Å²) >= 11 is 0. The van der Waals surface area contributed by atoms with Gasteiger partial charge in [0.15, 0.2) is 0 Å². The Balaban J connectivity index is 0.000000528. The van der Waals surface area contributed by atoms with Gasteiger partial charge in [-0.2, -0.15) is 0 Å². The number of hydrogen-bond acceptors (Lipinski definition) is 0. The zero-order chi connectivity index (χ0) is 13.4. The Labute approximate surface area is 114 Å². The summed E-state index contributed by atoms with van der Waals surface area (Å²) in [5.41, 5.74) is 6.94. The molecule has 0 unspecified atom stereocenters. The molecular formula is C19H18. The van der Waals surface area contributed by atoms with Crippen LogP contribution in [0.4, 0.5) is 0 Å². The molecule has 0 radical (unpaired) electrons. The summed E-state index contributed by atoms with van der Waals surface area (Å²) in [6.07, 6.45) is 0. The molecule has 0 aromatic heterocycles. The first-order valence-corrected chi connectivity index (χ1v) is 6.98. The molecule has 1 aliphatic rings. The molecule has 0 aliphatic heterocycles. The first-order chi connectivity index (χ1) is 9.36. The van der Waals surface area contributed by atoms with E-state index in [0.29, 0.717) is 0 Å². The van der Waals surface area contributed by atoms with E-state index < -0.39 is 0 Å². The predicted molar refractivity (Wildman–Crippen MR) is 84.5 cm³/mol. The number of aryl methyl sites for hydroxylation is 1. The molecule has 0 spiro atoms. The van der Waals surface area contributed by atoms with Crippen molar-refractivity contribution in [2.45, 2.75) is 20.8 Å². The molecule has 0 bridgehead atoms. The number of hydrogen-bond donors (Lipinski definition) is 0. The largest absolute Gasteiger partial charge is 0.0683 e. The van der Waals surface area contributed by atoms with Crippen molar-refractivity contribution in [3.8, 4) is 22.3 Å². The molecule has 0 amide bonds. The smallest absolute Gasteiger partial charge is 0.00237 e. The van der Waals surface area contributed by atoms with Crippen LogP contribution in [0.15, 0.2) is 54.6 Å². The Kier molecular flexibility index (Phi) is 2.87. The van der Waals surface area contributed by atoms with Gasteiger partial charge in [-0.15, -0.1) is 0 Å². The molecule has 0 nitrogen and oxygen atoms in total. The monoisotopic (exact) mass is 246 g/mol. The fourth-order valence-corrected chi connectivity index (χ4v) is 2.99. The second-order valence-corrected chi connectivity index (χ2v) is 4.71. The summed E-state index contributed by atoms with van der Waals surface area (Å²) in [7, 11) is 0. The first-order valence-electron chi connectivity index (χ1n) is 6.98. The van der Waals surface area contributed by atoms with Crippen molar-refractivity contribution in [2.75, 3.05) is 0 Å². The highest BCUT2D eigenvalue weighted by Crippen LogP contribution is 2.48. The normalized spacial score (nSPS) is 10.9. The molecule has 0 heterocycles. The third kappa shape index (κ3) is 1.60. The first kappa shape index (κ1) is 12.0. The van der Waals surface area contributed by atoms with Crippen LogP contribution in [0, 0.1) is 6.92 Å². The van der Waals surface area contributed by atoms with Gasteiger partial charge < -0.3 is 0 Å². The Morgan fingerprint density at radius 2 is 1.32 bits per heavy atom. The maximum Gasteiger partial charge on any atom is -0.00237 e. The Morgan fingerprint density at radius 3 is 2.11 bits per heavy atom. The molecule has 1 aliphatic carbocycles. The highest BCUT2D eigenvalue weighted by atomic mass is 14.2. The minimum absolute atomic E-state index is 1.35. The number of fused-ring (bicyclic) bond motifs is 3. The van der Waals surface area contributed by atoms with Crippen LogP contribution in [0.5, 0.6) is 0 Å². The van der Waals surface area contributed by atoms with Crippen LogP contribution in [0.1, 0.15) is 19.4 Å². The topological polar surface area (TPSA) is 0 Å². The SMILES string of the molecule is CC.Cc1ccc2cccc3c2c1-c1ccccc1-3.